The highest BCUT2D eigenvalue weighted by atomic mass is 16.2. The van der Waals surface area contributed by atoms with E-state index < -0.39 is 0 Å². The largest absolute Gasteiger partial charge is 0.340 e. The molecule has 1 heterocycles. The summed E-state index contributed by atoms with van der Waals surface area (Å²) in [5.41, 5.74) is 5.63. The molecule has 0 aromatic rings. The molecule has 3 unspecified atom stereocenters. The second kappa shape index (κ2) is 4.78. The average molecular weight is 198 g/mol. The topological polar surface area (TPSA) is 46.3 Å². The fourth-order valence-electron chi connectivity index (χ4n) is 2.08. The van der Waals surface area contributed by atoms with E-state index in [0.717, 1.165) is 13.0 Å². The Morgan fingerprint density at radius 1 is 1.57 bits per heavy atom. The van der Waals surface area contributed by atoms with Gasteiger partial charge in [-0.2, -0.15) is 0 Å². The van der Waals surface area contributed by atoms with Gasteiger partial charge in [-0.05, 0) is 32.6 Å². The first-order valence-electron chi connectivity index (χ1n) is 5.57. The molecule has 3 nitrogen and oxygen atoms in total. The number of amides is 1. The van der Waals surface area contributed by atoms with Crippen molar-refractivity contribution in [3.63, 3.8) is 0 Å². The summed E-state index contributed by atoms with van der Waals surface area (Å²) in [6.45, 7) is 7.16. The van der Waals surface area contributed by atoms with Gasteiger partial charge >= 0.3 is 0 Å². The molecule has 0 radical (unpaired) electrons. The van der Waals surface area contributed by atoms with Crippen LogP contribution in [0.4, 0.5) is 0 Å². The van der Waals surface area contributed by atoms with Crippen LogP contribution in [0.3, 0.4) is 0 Å². The summed E-state index contributed by atoms with van der Waals surface area (Å²) in [4.78, 5) is 13.8. The molecular weight excluding hydrogens is 176 g/mol. The monoisotopic (exact) mass is 198 g/mol. The minimum Gasteiger partial charge on any atom is -0.340 e. The molecule has 14 heavy (non-hydrogen) atoms. The Bertz CT molecular complexity index is 203. The van der Waals surface area contributed by atoms with Gasteiger partial charge in [0.25, 0.3) is 0 Å². The van der Waals surface area contributed by atoms with Crippen molar-refractivity contribution in [1.29, 1.82) is 0 Å². The maximum absolute atomic E-state index is 11.8. The SMILES string of the molecule is CC(N)CC(=O)N1CCCC(C)C1C. The van der Waals surface area contributed by atoms with Crippen LogP contribution in [0, 0.1) is 5.92 Å². The number of carbonyl (C=O) groups is 1. The van der Waals surface area contributed by atoms with Crippen molar-refractivity contribution >= 4 is 5.91 Å². The van der Waals surface area contributed by atoms with Crippen LogP contribution in [0.2, 0.25) is 0 Å². The number of rotatable bonds is 2. The number of carbonyl (C=O) groups excluding carboxylic acids is 1. The molecule has 0 aromatic carbocycles. The van der Waals surface area contributed by atoms with Crippen LogP contribution in [0.5, 0.6) is 0 Å². The van der Waals surface area contributed by atoms with Gasteiger partial charge in [-0.1, -0.05) is 6.92 Å². The maximum Gasteiger partial charge on any atom is 0.224 e. The lowest BCUT2D eigenvalue weighted by Crippen LogP contribution is -2.47. The Balaban J connectivity index is 2.53. The van der Waals surface area contributed by atoms with Crippen LogP contribution in [0.1, 0.15) is 40.0 Å². The van der Waals surface area contributed by atoms with Gasteiger partial charge < -0.3 is 10.6 Å². The summed E-state index contributed by atoms with van der Waals surface area (Å²) < 4.78 is 0. The second-order valence-corrected chi connectivity index (χ2v) is 4.63. The van der Waals surface area contributed by atoms with E-state index in [9.17, 15) is 4.79 Å². The van der Waals surface area contributed by atoms with Crippen LogP contribution in [0.25, 0.3) is 0 Å². The van der Waals surface area contributed by atoms with Gasteiger partial charge in [-0.25, -0.2) is 0 Å². The van der Waals surface area contributed by atoms with E-state index in [1.165, 1.54) is 6.42 Å². The Kier molecular flexibility index (Phi) is 3.93. The van der Waals surface area contributed by atoms with E-state index in [4.69, 9.17) is 5.73 Å². The fourth-order valence-corrected chi connectivity index (χ4v) is 2.08. The minimum atomic E-state index is -0.0214. The Labute approximate surface area is 86.6 Å². The fraction of sp³-hybridized carbons (Fsp3) is 0.909. The summed E-state index contributed by atoms with van der Waals surface area (Å²) in [5, 5.41) is 0. The Morgan fingerprint density at radius 2 is 2.21 bits per heavy atom. The molecule has 0 spiro atoms. The molecule has 0 aliphatic carbocycles. The number of hydrogen-bond acceptors (Lipinski definition) is 2. The molecule has 0 aromatic heterocycles. The molecule has 0 saturated carbocycles. The summed E-state index contributed by atoms with van der Waals surface area (Å²) >= 11 is 0. The van der Waals surface area contributed by atoms with E-state index in [2.05, 4.69) is 13.8 Å². The zero-order valence-corrected chi connectivity index (χ0v) is 9.49. The predicted octanol–water partition coefficient (Wildman–Crippen LogP) is 1.37. The molecule has 1 aliphatic heterocycles. The molecule has 82 valence electrons. The molecule has 3 heteroatoms. The van der Waals surface area contributed by atoms with Crippen LogP contribution in [0.15, 0.2) is 0 Å². The first-order valence-corrected chi connectivity index (χ1v) is 5.57. The molecule has 1 fully saturated rings. The van der Waals surface area contributed by atoms with Crippen molar-refractivity contribution in [2.45, 2.75) is 52.1 Å². The van der Waals surface area contributed by atoms with Gasteiger partial charge in [0.05, 0.1) is 0 Å². The lowest BCUT2D eigenvalue weighted by atomic mass is 9.91. The van der Waals surface area contributed by atoms with Crippen LogP contribution < -0.4 is 5.73 Å². The number of piperidine rings is 1. The van der Waals surface area contributed by atoms with E-state index in [1.807, 2.05) is 11.8 Å². The van der Waals surface area contributed by atoms with Gasteiger partial charge in [-0.15, -0.1) is 0 Å². The van der Waals surface area contributed by atoms with Crippen molar-refractivity contribution in [3.8, 4) is 0 Å². The maximum atomic E-state index is 11.8. The van der Waals surface area contributed by atoms with E-state index in [-0.39, 0.29) is 11.9 Å². The molecular formula is C11H22N2O. The van der Waals surface area contributed by atoms with Gasteiger partial charge in [0.15, 0.2) is 0 Å². The molecule has 1 amide bonds. The predicted molar refractivity (Wildman–Crippen MR) is 57.8 cm³/mol. The minimum absolute atomic E-state index is 0.0214. The van der Waals surface area contributed by atoms with Gasteiger partial charge in [-0.3, -0.25) is 4.79 Å². The van der Waals surface area contributed by atoms with Crippen LogP contribution >= 0.6 is 0 Å². The lowest BCUT2D eigenvalue weighted by Gasteiger charge is -2.38. The standard InChI is InChI=1S/C11H22N2O/c1-8-5-4-6-13(10(8)3)11(14)7-9(2)12/h8-10H,4-7,12H2,1-3H3. The zero-order valence-electron chi connectivity index (χ0n) is 9.49. The average Bonchev–Trinajstić information content (AvgIpc) is 2.08. The second-order valence-electron chi connectivity index (χ2n) is 4.63. The summed E-state index contributed by atoms with van der Waals surface area (Å²) in [6, 6.07) is 0.363. The van der Waals surface area contributed by atoms with E-state index in [0.29, 0.717) is 18.4 Å². The third-order valence-corrected chi connectivity index (χ3v) is 3.19. The highest BCUT2D eigenvalue weighted by molar-refractivity contribution is 5.77. The summed E-state index contributed by atoms with van der Waals surface area (Å²) in [6.07, 6.45) is 2.86. The first kappa shape index (κ1) is 11.5. The zero-order chi connectivity index (χ0) is 10.7. The summed E-state index contributed by atoms with van der Waals surface area (Å²) in [7, 11) is 0. The normalized spacial score (nSPS) is 30.1. The van der Waals surface area contributed by atoms with Crippen molar-refractivity contribution < 1.29 is 4.79 Å². The molecule has 0 bridgehead atoms. The van der Waals surface area contributed by atoms with E-state index >= 15 is 0 Å². The molecule has 2 N–H and O–H groups in total. The third-order valence-electron chi connectivity index (χ3n) is 3.19. The number of likely N-dealkylation sites (tertiary alicyclic amines) is 1. The lowest BCUT2D eigenvalue weighted by molar-refractivity contribution is -0.136. The van der Waals surface area contributed by atoms with Gasteiger partial charge in [0.2, 0.25) is 5.91 Å². The molecule has 1 aliphatic rings. The Morgan fingerprint density at radius 3 is 2.79 bits per heavy atom. The quantitative estimate of drug-likeness (QED) is 0.728. The molecule has 1 rings (SSSR count). The smallest absolute Gasteiger partial charge is 0.224 e. The third kappa shape index (κ3) is 2.71. The van der Waals surface area contributed by atoms with E-state index in [1.54, 1.807) is 0 Å². The van der Waals surface area contributed by atoms with Crippen LogP contribution in [-0.2, 0) is 4.79 Å². The highest BCUT2D eigenvalue weighted by Gasteiger charge is 2.28. The summed E-state index contributed by atoms with van der Waals surface area (Å²) in [5.74, 6) is 0.847. The van der Waals surface area contributed by atoms with Crippen molar-refractivity contribution in [2.24, 2.45) is 11.7 Å². The number of nitrogens with two attached hydrogens (primary N) is 1. The van der Waals surface area contributed by atoms with Crippen molar-refractivity contribution in [1.82, 2.24) is 4.90 Å². The Hall–Kier alpha value is -0.570. The highest BCUT2D eigenvalue weighted by Crippen LogP contribution is 2.23. The molecule has 3 atom stereocenters. The number of nitrogens with zero attached hydrogens (tertiary/aromatic N) is 1. The number of hydrogen-bond donors (Lipinski definition) is 1. The van der Waals surface area contributed by atoms with Crippen molar-refractivity contribution in [2.75, 3.05) is 6.54 Å². The molecule has 1 saturated heterocycles. The van der Waals surface area contributed by atoms with Gasteiger partial charge in [0.1, 0.15) is 0 Å². The van der Waals surface area contributed by atoms with Crippen molar-refractivity contribution in [3.05, 3.63) is 0 Å². The first-order chi connectivity index (χ1) is 6.52. The van der Waals surface area contributed by atoms with Gasteiger partial charge in [0, 0.05) is 25.0 Å². The van der Waals surface area contributed by atoms with Crippen LogP contribution in [-0.4, -0.2) is 29.4 Å².